The van der Waals surface area contributed by atoms with Gasteiger partial charge in [-0.2, -0.15) is 5.10 Å². The lowest BCUT2D eigenvalue weighted by atomic mass is 9.72. The molecule has 0 bridgehead atoms. The second-order valence-corrected chi connectivity index (χ2v) is 12.6. The van der Waals surface area contributed by atoms with E-state index in [1.807, 2.05) is 42.6 Å². The molecule has 4 aromatic carbocycles. The van der Waals surface area contributed by atoms with Gasteiger partial charge in [-0.1, -0.05) is 72.8 Å². The van der Waals surface area contributed by atoms with E-state index in [9.17, 15) is 13.2 Å². The Balaban J connectivity index is 1.34. The Kier molecular flexibility index (Phi) is 6.26. The summed E-state index contributed by atoms with van der Waals surface area (Å²) in [4.78, 5) is 15.9. The fraction of sp³-hybridized carbons (Fsp3) is 0.121. The fourth-order valence-electron chi connectivity index (χ4n) is 5.68. The lowest BCUT2D eigenvalue weighted by molar-refractivity contribution is 0.201. The van der Waals surface area contributed by atoms with Gasteiger partial charge in [-0.3, -0.25) is 0 Å². The molecule has 1 aliphatic rings. The quantitative estimate of drug-likeness (QED) is 0.211. The van der Waals surface area contributed by atoms with E-state index in [0.29, 0.717) is 5.65 Å². The number of hydrogen-bond acceptors (Lipinski definition) is 6. The molecular weight excluding hydrogens is 562 g/mol. The standard InChI is InChI=1S/C33H27N5O4S/c34-33(17-4-18-33)25-12-7-23(8-13-25)30-28(22-5-2-1-3-6-22)20-38-31(35-30)27-19-24(11-16-29(27)36-38)21-9-14-26(15-10-21)43(41,42)37-32(39)40/h1-3,5-16,19-20,37H,4,17-18,34H2,(H,39,40). The van der Waals surface area contributed by atoms with Crippen LogP contribution in [0.4, 0.5) is 4.79 Å². The number of nitrogens with two attached hydrogens (primary N) is 1. The number of rotatable bonds is 6. The van der Waals surface area contributed by atoms with E-state index in [1.165, 1.54) is 12.1 Å². The van der Waals surface area contributed by atoms with E-state index >= 15 is 0 Å². The highest BCUT2D eigenvalue weighted by Crippen LogP contribution is 2.40. The van der Waals surface area contributed by atoms with E-state index in [0.717, 1.165) is 69.2 Å². The number of nitrogens with one attached hydrogen (secondary N) is 1. The minimum absolute atomic E-state index is 0.139. The Morgan fingerprint density at radius 3 is 2.19 bits per heavy atom. The van der Waals surface area contributed by atoms with Crippen molar-refractivity contribution in [3.8, 4) is 33.5 Å². The second kappa shape index (κ2) is 10.0. The fourth-order valence-corrected chi connectivity index (χ4v) is 6.52. The third-order valence-electron chi connectivity index (χ3n) is 8.18. The maximum Gasteiger partial charge on any atom is 0.418 e. The van der Waals surface area contributed by atoms with Crippen molar-refractivity contribution in [2.75, 3.05) is 0 Å². The van der Waals surface area contributed by atoms with Crippen LogP contribution in [0.5, 0.6) is 0 Å². The molecular formula is C33H27N5O4S. The van der Waals surface area contributed by atoms with Gasteiger partial charge in [-0.25, -0.2) is 27.4 Å². The molecule has 0 aliphatic heterocycles. The van der Waals surface area contributed by atoms with E-state index in [4.69, 9.17) is 20.9 Å². The molecule has 6 aromatic rings. The van der Waals surface area contributed by atoms with Crippen LogP contribution in [0.1, 0.15) is 24.8 Å². The van der Waals surface area contributed by atoms with Crippen LogP contribution >= 0.6 is 0 Å². The lowest BCUT2D eigenvalue weighted by Gasteiger charge is -2.38. The molecule has 1 fully saturated rings. The third-order valence-corrected chi connectivity index (χ3v) is 9.51. The molecule has 1 amide bonds. The van der Waals surface area contributed by atoms with E-state index < -0.39 is 16.1 Å². The third kappa shape index (κ3) is 4.80. The molecule has 1 aliphatic carbocycles. The summed E-state index contributed by atoms with van der Waals surface area (Å²) in [7, 11) is -4.16. The van der Waals surface area contributed by atoms with Crippen LogP contribution in [0.2, 0.25) is 0 Å². The molecule has 0 atom stereocenters. The molecule has 9 nitrogen and oxygen atoms in total. The minimum atomic E-state index is -4.16. The summed E-state index contributed by atoms with van der Waals surface area (Å²) in [6.07, 6.45) is 3.51. The molecule has 4 N–H and O–H groups in total. The van der Waals surface area contributed by atoms with Crippen molar-refractivity contribution in [2.24, 2.45) is 5.73 Å². The summed E-state index contributed by atoms with van der Waals surface area (Å²) in [6, 6.07) is 30.3. The number of fused-ring (bicyclic) bond motifs is 3. The molecule has 7 rings (SSSR count). The number of hydrogen-bond donors (Lipinski definition) is 3. The van der Waals surface area contributed by atoms with Crippen molar-refractivity contribution in [3.63, 3.8) is 0 Å². The summed E-state index contributed by atoms with van der Waals surface area (Å²) in [6.45, 7) is 0. The number of sulfonamides is 1. The van der Waals surface area contributed by atoms with Crippen molar-refractivity contribution in [3.05, 3.63) is 109 Å². The number of benzene rings is 4. The normalized spacial score (nSPS) is 14.4. The average molecular weight is 590 g/mol. The van der Waals surface area contributed by atoms with Crippen LogP contribution in [0.15, 0.2) is 108 Å². The summed E-state index contributed by atoms with van der Waals surface area (Å²) in [5.74, 6) is 0. The molecule has 43 heavy (non-hydrogen) atoms. The topological polar surface area (TPSA) is 140 Å². The zero-order valence-corrected chi connectivity index (χ0v) is 23.8. The van der Waals surface area contributed by atoms with Crippen molar-refractivity contribution in [1.29, 1.82) is 0 Å². The molecule has 0 spiro atoms. The molecule has 214 valence electrons. The van der Waals surface area contributed by atoms with Crippen molar-refractivity contribution in [2.45, 2.75) is 29.7 Å². The van der Waals surface area contributed by atoms with Crippen molar-refractivity contribution < 1.29 is 18.3 Å². The number of aromatic nitrogens is 3. The Morgan fingerprint density at radius 1 is 0.860 bits per heavy atom. The smallest absolute Gasteiger partial charge is 0.418 e. The van der Waals surface area contributed by atoms with Gasteiger partial charge in [0, 0.05) is 28.2 Å². The molecule has 10 heteroatoms. The van der Waals surface area contributed by atoms with Crippen LogP contribution < -0.4 is 10.5 Å². The molecule has 2 aromatic heterocycles. The van der Waals surface area contributed by atoms with Crippen LogP contribution in [-0.4, -0.2) is 34.2 Å². The Bertz CT molecular complexity index is 2120. The number of amides is 1. The van der Waals surface area contributed by atoms with Gasteiger partial charge in [-0.05, 0) is 65.8 Å². The summed E-state index contributed by atoms with van der Waals surface area (Å²) in [5.41, 5.74) is 14.3. The van der Waals surface area contributed by atoms with Gasteiger partial charge in [0.15, 0.2) is 5.65 Å². The Labute approximate surface area is 247 Å². The van der Waals surface area contributed by atoms with Gasteiger partial charge in [0.1, 0.15) is 0 Å². The monoisotopic (exact) mass is 589 g/mol. The largest absolute Gasteiger partial charge is 0.464 e. The summed E-state index contributed by atoms with van der Waals surface area (Å²) >= 11 is 0. The number of carboxylic acid groups (broad SMARTS) is 1. The zero-order chi connectivity index (χ0) is 29.8. The van der Waals surface area contributed by atoms with Gasteiger partial charge in [-0.15, -0.1) is 0 Å². The molecule has 1 saturated carbocycles. The van der Waals surface area contributed by atoms with Gasteiger partial charge < -0.3 is 10.8 Å². The van der Waals surface area contributed by atoms with Gasteiger partial charge in [0.25, 0.3) is 10.0 Å². The Morgan fingerprint density at radius 2 is 1.53 bits per heavy atom. The van der Waals surface area contributed by atoms with Crippen LogP contribution in [0.3, 0.4) is 0 Å². The first kappa shape index (κ1) is 26.8. The molecule has 0 radical (unpaired) electrons. The van der Waals surface area contributed by atoms with Crippen LogP contribution in [-0.2, 0) is 15.6 Å². The highest BCUT2D eigenvalue weighted by atomic mass is 32.2. The van der Waals surface area contributed by atoms with Crippen molar-refractivity contribution >= 4 is 32.7 Å². The van der Waals surface area contributed by atoms with Gasteiger partial charge in [0.05, 0.1) is 16.1 Å². The van der Waals surface area contributed by atoms with E-state index in [1.54, 1.807) is 21.4 Å². The molecule has 0 unspecified atom stereocenters. The SMILES string of the molecule is NC1(c2ccc(-c3nc4c5cc(-c6ccc(S(=O)(=O)NC(=O)O)cc6)ccc5nn4cc3-c3ccccc3)cc2)CCC1. The maximum absolute atomic E-state index is 12.2. The highest BCUT2D eigenvalue weighted by Gasteiger charge is 2.34. The lowest BCUT2D eigenvalue weighted by Crippen LogP contribution is -2.43. The summed E-state index contributed by atoms with van der Waals surface area (Å²) in [5, 5.41) is 14.5. The minimum Gasteiger partial charge on any atom is -0.464 e. The van der Waals surface area contributed by atoms with Crippen LogP contribution in [0.25, 0.3) is 50.1 Å². The highest BCUT2D eigenvalue weighted by molar-refractivity contribution is 7.90. The predicted octanol–water partition coefficient (Wildman–Crippen LogP) is 6.18. The van der Waals surface area contributed by atoms with Crippen LogP contribution in [0, 0.1) is 0 Å². The Hall–Kier alpha value is -5.06. The second-order valence-electron chi connectivity index (χ2n) is 10.9. The average Bonchev–Trinajstić information content (AvgIpc) is 3.36. The van der Waals surface area contributed by atoms with Crippen molar-refractivity contribution in [1.82, 2.24) is 19.3 Å². The maximum atomic E-state index is 12.2. The first-order valence-electron chi connectivity index (χ1n) is 13.8. The van der Waals surface area contributed by atoms with E-state index in [2.05, 4.69) is 36.4 Å². The van der Waals surface area contributed by atoms with E-state index in [-0.39, 0.29) is 10.4 Å². The first-order chi connectivity index (χ1) is 20.7. The molecule has 2 heterocycles. The first-order valence-corrected chi connectivity index (χ1v) is 15.3. The summed E-state index contributed by atoms with van der Waals surface area (Å²) < 4.78 is 27.8. The predicted molar refractivity (Wildman–Crippen MR) is 165 cm³/mol. The van der Waals surface area contributed by atoms with Gasteiger partial charge in [0.2, 0.25) is 0 Å². The molecule has 0 saturated heterocycles. The van der Waals surface area contributed by atoms with Gasteiger partial charge >= 0.3 is 6.09 Å². The number of nitrogens with zero attached hydrogens (tertiary/aromatic N) is 3. The zero-order valence-electron chi connectivity index (χ0n) is 22.9. The number of carbonyl (C=O) groups is 1.